The summed E-state index contributed by atoms with van der Waals surface area (Å²) in [4.78, 5) is 4.01. The topological polar surface area (TPSA) is 48.7 Å². The van der Waals surface area contributed by atoms with Gasteiger partial charge in [0.25, 0.3) is 0 Å². The molecule has 0 radical (unpaired) electrons. The van der Waals surface area contributed by atoms with E-state index >= 15 is 0 Å². The van der Waals surface area contributed by atoms with Gasteiger partial charge in [0.15, 0.2) is 0 Å². The molecule has 1 atom stereocenters. The van der Waals surface area contributed by atoms with E-state index in [1.807, 2.05) is 12.1 Å². The molecule has 0 aromatic carbocycles. The van der Waals surface area contributed by atoms with Crippen molar-refractivity contribution in [3.8, 4) is 6.07 Å². The molecular formula is C13H19N3. The van der Waals surface area contributed by atoms with Crippen LogP contribution in [0, 0.1) is 22.7 Å². The standard InChI is InChI=1S/C13H19N3/c1-10(13(2,3)4)8-15-12-6-5-11(7-14)16-9-12/h5-6,9-10,15H,8H2,1-4H3. The normalized spacial score (nSPS) is 12.9. The van der Waals surface area contributed by atoms with Gasteiger partial charge in [0, 0.05) is 6.54 Å². The van der Waals surface area contributed by atoms with E-state index in [9.17, 15) is 0 Å². The number of aromatic nitrogens is 1. The third kappa shape index (κ3) is 3.54. The summed E-state index contributed by atoms with van der Waals surface area (Å²) in [5.74, 6) is 0.572. The second-order valence-electron chi connectivity index (χ2n) is 5.19. The second-order valence-corrected chi connectivity index (χ2v) is 5.19. The summed E-state index contributed by atoms with van der Waals surface area (Å²) in [7, 11) is 0. The zero-order chi connectivity index (χ0) is 12.2. The third-order valence-corrected chi connectivity index (χ3v) is 2.97. The summed E-state index contributed by atoms with van der Waals surface area (Å²) < 4.78 is 0. The van der Waals surface area contributed by atoms with Gasteiger partial charge in [0.1, 0.15) is 11.8 Å². The molecule has 0 spiro atoms. The van der Waals surface area contributed by atoms with E-state index in [1.165, 1.54) is 0 Å². The number of rotatable bonds is 3. The number of hydrogen-bond acceptors (Lipinski definition) is 3. The first-order valence-electron chi connectivity index (χ1n) is 5.53. The van der Waals surface area contributed by atoms with E-state index in [-0.39, 0.29) is 0 Å². The van der Waals surface area contributed by atoms with Crippen LogP contribution < -0.4 is 5.32 Å². The summed E-state index contributed by atoms with van der Waals surface area (Å²) in [6.07, 6.45) is 1.70. The summed E-state index contributed by atoms with van der Waals surface area (Å²) in [6, 6.07) is 5.62. The van der Waals surface area contributed by atoms with Crippen molar-refractivity contribution >= 4 is 5.69 Å². The van der Waals surface area contributed by atoms with Crippen molar-refractivity contribution in [2.24, 2.45) is 11.3 Å². The number of hydrogen-bond donors (Lipinski definition) is 1. The fourth-order valence-corrected chi connectivity index (χ4v) is 1.14. The molecule has 1 rings (SSSR count). The molecule has 1 aromatic rings. The highest BCUT2D eigenvalue weighted by atomic mass is 14.9. The number of anilines is 1. The molecule has 1 aromatic heterocycles. The highest BCUT2D eigenvalue weighted by Crippen LogP contribution is 2.25. The van der Waals surface area contributed by atoms with Crippen LogP contribution >= 0.6 is 0 Å². The van der Waals surface area contributed by atoms with Crippen LogP contribution in [0.1, 0.15) is 33.4 Å². The lowest BCUT2D eigenvalue weighted by atomic mass is 9.82. The minimum Gasteiger partial charge on any atom is -0.384 e. The Morgan fingerprint density at radius 1 is 1.44 bits per heavy atom. The average Bonchev–Trinajstić information content (AvgIpc) is 2.25. The van der Waals surface area contributed by atoms with Gasteiger partial charge in [0.05, 0.1) is 11.9 Å². The maximum atomic E-state index is 8.62. The minimum absolute atomic E-state index is 0.299. The van der Waals surface area contributed by atoms with Crippen molar-refractivity contribution in [1.82, 2.24) is 4.98 Å². The minimum atomic E-state index is 0.299. The van der Waals surface area contributed by atoms with Crippen molar-refractivity contribution < 1.29 is 0 Å². The highest BCUT2D eigenvalue weighted by molar-refractivity contribution is 5.42. The first kappa shape index (κ1) is 12.5. The average molecular weight is 217 g/mol. The van der Waals surface area contributed by atoms with Crippen LogP contribution in [0.5, 0.6) is 0 Å². The lowest BCUT2D eigenvalue weighted by molar-refractivity contribution is 0.274. The van der Waals surface area contributed by atoms with E-state index in [4.69, 9.17) is 5.26 Å². The summed E-state index contributed by atoms with van der Waals surface area (Å²) in [5, 5.41) is 12.0. The van der Waals surface area contributed by atoms with Gasteiger partial charge in [-0.1, -0.05) is 27.7 Å². The van der Waals surface area contributed by atoms with Gasteiger partial charge in [-0.2, -0.15) is 5.26 Å². The molecule has 0 bridgehead atoms. The predicted octanol–water partition coefficient (Wildman–Crippen LogP) is 3.05. The van der Waals surface area contributed by atoms with Crippen molar-refractivity contribution in [3.05, 3.63) is 24.0 Å². The molecule has 0 aliphatic heterocycles. The van der Waals surface area contributed by atoms with Crippen molar-refractivity contribution in [2.75, 3.05) is 11.9 Å². The van der Waals surface area contributed by atoms with E-state index in [1.54, 1.807) is 12.3 Å². The maximum absolute atomic E-state index is 8.62. The summed E-state index contributed by atoms with van der Waals surface area (Å²) in [6.45, 7) is 9.84. The smallest absolute Gasteiger partial charge is 0.140 e. The van der Waals surface area contributed by atoms with Crippen molar-refractivity contribution in [3.63, 3.8) is 0 Å². The molecule has 3 nitrogen and oxygen atoms in total. The molecule has 0 fully saturated rings. The molecule has 1 N–H and O–H groups in total. The molecule has 0 saturated heterocycles. The Hall–Kier alpha value is -1.56. The Kier molecular flexibility index (Phi) is 3.89. The third-order valence-electron chi connectivity index (χ3n) is 2.97. The van der Waals surface area contributed by atoms with Gasteiger partial charge >= 0.3 is 0 Å². The second kappa shape index (κ2) is 4.98. The molecule has 1 heterocycles. The Labute approximate surface area is 97.5 Å². The van der Waals surface area contributed by atoms with Gasteiger partial charge in [-0.15, -0.1) is 0 Å². The zero-order valence-corrected chi connectivity index (χ0v) is 10.4. The van der Waals surface area contributed by atoms with Crippen LogP contribution in [0.2, 0.25) is 0 Å². The predicted molar refractivity (Wildman–Crippen MR) is 66.1 cm³/mol. The zero-order valence-electron chi connectivity index (χ0n) is 10.4. The van der Waals surface area contributed by atoms with Gasteiger partial charge in [-0.05, 0) is 23.5 Å². The Morgan fingerprint density at radius 3 is 2.56 bits per heavy atom. The SMILES string of the molecule is CC(CNc1ccc(C#N)nc1)C(C)(C)C. The Balaban J connectivity index is 2.53. The number of nitrogens with one attached hydrogen (secondary N) is 1. The van der Waals surface area contributed by atoms with Crippen LogP contribution in [-0.4, -0.2) is 11.5 Å². The highest BCUT2D eigenvalue weighted by Gasteiger charge is 2.19. The van der Waals surface area contributed by atoms with E-state index in [0.29, 0.717) is 17.0 Å². The van der Waals surface area contributed by atoms with E-state index < -0.39 is 0 Å². The quantitative estimate of drug-likeness (QED) is 0.846. The Morgan fingerprint density at radius 2 is 2.12 bits per heavy atom. The summed E-state index contributed by atoms with van der Waals surface area (Å²) in [5.41, 5.74) is 1.72. The molecule has 0 aliphatic rings. The van der Waals surface area contributed by atoms with E-state index in [0.717, 1.165) is 12.2 Å². The number of pyridine rings is 1. The molecule has 0 saturated carbocycles. The summed E-state index contributed by atoms with van der Waals surface area (Å²) >= 11 is 0. The van der Waals surface area contributed by atoms with Crippen LogP contribution in [0.15, 0.2) is 18.3 Å². The van der Waals surface area contributed by atoms with Crippen LogP contribution in [0.3, 0.4) is 0 Å². The maximum Gasteiger partial charge on any atom is 0.140 e. The van der Waals surface area contributed by atoms with Gasteiger partial charge in [-0.25, -0.2) is 4.98 Å². The monoisotopic (exact) mass is 217 g/mol. The molecular weight excluding hydrogens is 198 g/mol. The first-order chi connectivity index (χ1) is 7.43. The van der Waals surface area contributed by atoms with E-state index in [2.05, 4.69) is 38.0 Å². The van der Waals surface area contributed by atoms with Gasteiger partial charge < -0.3 is 5.32 Å². The first-order valence-corrected chi connectivity index (χ1v) is 5.53. The van der Waals surface area contributed by atoms with Gasteiger partial charge in [-0.3, -0.25) is 0 Å². The Bertz CT molecular complexity index is 368. The lowest BCUT2D eigenvalue weighted by Crippen LogP contribution is -2.24. The number of nitriles is 1. The number of nitrogens with zero attached hydrogens (tertiary/aromatic N) is 2. The van der Waals surface area contributed by atoms with Crippen molar-refractivity contribution in [2.45, 2.75) is 27.7 Å². The largest absolute Gasteiger partial charge is 0.384 e. The fourth-order valence-electron chi connectivity index (χ4n) is 1.14. The molecule has 0 amide bonds. The fraction of sp³-hybridized carbons (Fsp3) is 0.538. The van der Waals surface area contributed by atoms with Crippen LogP contribution in [-0.2, 0) is 0 Å². The molecule has 86 valence electrons. The van der Waals surface area contributed by atoms with Crippen molar-refractivity contribution in [1.29, 1.82) is 5.26 Å². The molecule has 1 unspecified atom stereocenters. The molecule has 0 aliphatic carbocycles. The van der Waals surface area contributed by atoms with Crippen LogP contribution in [0.4, 0.5) is 5.69 Å². The molecule has 16 heavy (non-hydrogen) atoms. The van der Waals surface area contributed by atoms with Crippen LogP contribution in [0.25, 0.3) is 0 Å². The van der Waals surface area contributed by atoms with Gasteiger partial charge in [0.2, 0.25) is 0 Å². The lowest BCUT2D eigenvalue weighted by Gasteiger charge is -2.27. The molecule has 3 heteroatoms.